The van der Waals surface area contributed by atoms with Crippen molar-refractivity contribution in [1.82, 2.24) is 0 Å². The predicted octanol–water partition coefficient (Wildman–Crippen LogP) is 3.31. The van der Waals surface area contributed by atoms with E-state index in [4.69, 9.17) is 11.6 Å². The normalized spacial score (nSPS) is 15.9. The molecule has 106 valence electrons. The van der Waals surface area contributed by atoms with Crippen molar-refractivity contribution in [3.05, 3.63) is 34.9 Å². The minimum Gasteiger partial charge on any atom is -0.292 e. The Balaban J connectivity index is 3.28. The molecule has 1 rings (SSSR count). The predicted molar refractivity (Wildman–Crippen MR) is 72.9 cm³/mol. The van der Waals surface area contributed by atoms with Gasteiger partial charge in [0.25, 0.3) is 0 Å². The highest BCUT2D eigenvalue weighted by molar-refractivity contribution is 9.10. The molecule has 0 amide bonds. The number of benzene rings is 1. The summed E-state index contributed by atoms with van der Waals surface area (Å²) in [7, 11) is -4.75. The zero-order valence-electron chi connectivity index (χ0n) is 9.95. The lowest BCUT2D eigenvalue weighted by Gasteiger charge is -2.29. The Bertz CT molecular complexity index is 597. The van der Waals surface area contributed by atoms with Gasteiger partial charge in [-0.1, -0.05) is 27.5 Å². The number of ketones is 1. The van der Waals surface area contributed by atoms with Gasteiger partial charge in [-0.15, -0.1) is 0 Å². The molecule has 8 heteroatoms. The van der Waals surface area contributed by atoms with Gasteiger partial charge in [0.05, 0.1) is 0 Å². The van der Waals surface area contributed by atoms with Gasteiger partial charge in [-0.3, -0.25) is 4.79 Å². The smallest absolute Gasteiger partial charge is 0.292 e. The zero-order valence-corrected chi connectivity index (χ0v) is 13.1. The van der Waals surface area contributed by atoms with Crippen LogP contribution in [-0.4, -0.2) is 30.0 Å². The average Bonchev–Trinajstić information content (AvgIpc) is 2.27. The molecule has 0 aliphatic carbocycles. The lowest BCUT2D eigenvalue weighted by Crippen LogP contribution is -2.51. The first-order chi connectivity index (χ1) is 8.41. The first-order valence-electron chi connectivity index (χ1n) is 4.98. The minimum atomic E-state index is -4.75. The minimum absolute atomic E-state index is 0.0629. The van der Waals surface area contributed by atoms with E-state index in [1.165, 1.54) is 24.3 Å². The molecule has 0 N–H and O–H groups in total. The summed E-state index contributed by atoms with van der Waals surface area (Å²) in [5, 5.41) is -3.90. The van der Waals surface area contributed by atoms with Crippen LogP contribution in [0.25, 0.3) is 0 Å². The fourth-order valence-electron chi connectivity index (χ4n) is 1.35. The van der Waals surface area contributed by atoms with Gasteiger partial charge in [0, 0.05) is 16.8 Å². The summed E-state index contributed by atoms with van der Waals surface area (Å²) in [6, 6.07) is 5.22. The first kappa shape index (κ1) is 16.5. The van der Waals surface area contributed by atoms with E-state index in [2.05, 4.69) is 15.9 Å². The van der Waals surface area contributed by atoms with Crippen LogP contribution in [-0.2, 0) is 9.84 Å². The van der Waals surface area contributed by atoms with Crippen LogP contribution < -0.4 is 0 Å². The van der Waals surface area contributed by atoms with Crippen LogP contribution in [0.2, 0.25) is 5.02 Å². The van der Waals surface area contributed by atoms with Crippen LogP contribution >= 0.6 is 27.5 Å². The largest absolute Gasteiger partial charge is 0.367 e. The number of carbonyl (C=O) groups excluding carboxylic acids is 1. The molecule has 0 fully saturated rings. The van der Waals surface area contributed by atoms with Gasteiger partial charge in [0.2, 0.25) is 9.84 Å². The summed E-state index contributed by atoms with van der Waals surface area (Å²) < 4.78 is 47.4. The molecule has 0 spiro atoms. The van der Waals surface area contributed by atoms with E-state index < -0.39 is 25.2 Å². The van der Waals surface area contributed by atoms with E-state index in [0.29, 0.717) is 11.3 Å². The summed E-state index contributed by atoms with van der Waals surface area (Å²) in [6.07, 6.45) is 0.377. The molecule has 0 bridgehead atoms. The Morgan fingerprint density at radius 1 is 1.26 bits per heavy atom. The van der Waals surface area contributed by atoms with Crippen molar-refractivity contribution in [2.75, 3.05) is 6.26 Å². The third kappa shape index (κ3) is 2.98. The van der Waals surface area contributed by atoms with Crippen LogP contribution in [0, 0.1) is 0 Å². The Kier molecular flexibility index (Phi) is 4.44. The van der Waals surface area contributed by atoms with E-state index in [9.17, 15) is 22.0 Å². The Morgan fingerprint density at radius 3 is 2.05 bits per heavy atom. The summed E-state index contributed by atoms with van der Waals surface area (Å²) in [6.45, 7) is 0.824. The molecule has 1 aromatic rings. The van der Waals surface area contributed by atoms with Gasteiger partial charge in [-0.25, -0.2) is 8.42 Å². The van der Waals surface area contributed by atoms with Crippen LogP contribution in [0.1, 0.15) is 17.3 Å². The van der Waals surface area contributed by atoms with Crippen molar-refractivity contribution in [3.8, 4) is 0 Å². The molecule has 0 heterocycles. The van der Waals surface area contributed by atoms with Crippen molar-refractivity contribution in [1.29, 1.82) is 0 Å². The van der Waals surface area contributed by atoms with Gasteiger partial charge in [0.15, 0.2) is 10.1 Å². The highest BCUT2D eigenvalue weighted by atomic mass is 79.9. The van der Waals surface area contributed by atoms with Crippen molar-refractivity contribution < 1.29 is 22.0 Å². The molecule has 0 saturated carbocycles. The molecule has 1 aromatic carbocycles. The van der Waals surface area contributed by atoms with Gasteiger partial charge in [0.1, 0.15) is 0 Å². The Hall–Kier alpha value is -0.530. The van der Waals surface area contributed by atoms with Gasteiger partial charge < -0.3 is 0 Å². The summed E-state index contributed by atoms with van der Waals surface area (Å²) in [5.74, 6) is -1.04. The van der Waals surface area contributed by atoms with E-state index in [0.717, 1.165) is 6.92 Å². The van der Waals surface area contributed by atoms with Crippen molar-refractivity contribution in [3.63, 3.8) is 0 Å². The third-order valence-corrected chi connectivity index (χ3v) is 5.26. The standard InChI is InChI=1S/C11H10BrClF2O3S/c1-10(12,11(14,15)19(2,17)18)9(16)7-3-5-8(13)6-4-7/h3-6H,1-2H3. The quantitative estimate of drug-likeness (QED) is 0.599. The number of halogens is 4. The summed E-state index contributed by atoms with van der Waals surface area (Å²) in [4.78, 5) is 12.0. The summed E-state index contributed by atoms with van der Waals surface area (Å²) in [5.41, 5.74) is -0.0629. The average molecular weight is 376 g/mol. The molecule has 3 nitrogen and oxygen atoms in total. The topological polar surface area (TPSA) is 51.2 Å². The second-order valence-corrected chi connectivity index (χ2v) is 8.21. The monoisotopic (exact) mass is 374 g/mol. The van der Waals surface area contributed by atoms with Crippen molar-refractivity contribution in [2.24, 2.45) is 0 Å². The van der Waals surface area contributed by atoms with Crippen LogP contribution in [0.15, 0.2) is 24.3 Å². The molecule has 1 unspecified atom stereocenters. The van der Waals surface area contributed by atoms with E-state index in [-0.39, 0.29) is 5.56 Å². The second kappa shape index (κ2) is 5.10. The van der Waals surface area contributed by atoms with Gasteiger partial charge >= 0.3 is 5.25 Å². The van der Waals surface area contributed by atoms with Crippen molar-refractivity contribution in [2.45, 2.75) is 16.5 Å². The molecule has 0 radical (unpaired) electrons. The maximum Gasteiger partial charge on any atom is 0.367 e. The fraction of sp³-hybridized carbons (Fsp3) is 0.364. The molecular weight excluding hydrogens is 366 g/mol. The lowest BCUT2D eigenvalue weighted by molar-refractivity contribution is 0.0470. The highest BCUT2D eigenvalue weighted by Crippen LogP contribution is 2.42. The Labute approximate surface area is 123 Å². The number of hydrogen-bond acceptors (Lipinski definition) is 3. The third-order valence-electron chi connectivity index (χ3n) is 2.55. The molecule has 0 aliphatic rings. The molecule has 19 heavy (non-hydrogen) atoms. The molecule has 1 atom stereocenters. The van der Waals surface area contributed by atoms with E-state index in [1.54, 1.807) is 0 Å². The number of hydrogen-bond donors (Lipinski definition) is 0. The van der Waals surface area contributed by atoms with Gasteiger partial charge in [-0.2, -0.15) is 8.78 Å². The maximum absolute atomic E-state index is 13.8. The SMILES string of the molecule is CC(Br)(C(=O)c1ccc(Cl)cc1)C(F)(F)S(C)(=O)=O. The van der Waals surface area contributed by atoms with Crippen LogP contribution in [0.4, 0.5) is 8.78 Å². The van der Waals surface area contributed by atoms with Crippen LogP contribution in [0.3, 0.4) is 0 Å². The second-order valence-electron chi connectivity index (χ2n) is 4.13. The first-order valence-corrected chi connectivity index (χ1v) is 8.04. The zero-order chi connectivity index (χ0) is 15.1. The van der Waals surface area contributed by atoms with Crippen molar-refractivity contribution >= 4 is 43.2 Å². The summed E-state index contributed by atoms with van der Waals surface area (Å²) >= 11 is 8.17. The Morgan fingerprint density at radius 2 is 1.68 bits per heavy atom. The van der Waals surface area contributed by atoms with E-state index in [1.807, 2.05) is 0 Å². The fourth-order valence-corrected chi connectivity index (χ4v) is 3.38. The number of carbonyl (C=O) groups is 1. The number of sulfone groups is 1. The molecule has 0 aromatic heterocycles. The van der Waals surface area contributed by atoms with Gasteiger partial charge in [-0.05, 0) is 31.2 Å². The number of alkyl halides is 3. The van der Waals surface area contributed by atoms with Crippen LogP contribution in [0.5, 0.6) is 0 Å². The molecular formula is C11H10BrClF2O3S. The number of Topliss-reactive ketones (excluding diaryl/α,β-unsaturated/α-hetero) is 1. The molecule has 0 saturated heterocycles. The van der Waals surface area contributed by atoms with E-state index >= 15 is 0 Å². The lowest BCUT2D eigenvalue weighted by atomic mass is 9.99. The maximum atomic E-state index is 13.8. The number of rotatable bonds is 4. The highest BCUT2D eigenvalue weighted by Gasteiger charge is 2.61. The molecule has 0 aliphatic heterocycles.